The van der Waals surface area contributed by atoms with E-state index >= 15 is 0 Å². The second kappa shape index (κ2) is 5.44. The van der Waals surface area contributed by atoms with Crippen LogP contribution in [0.5, 0.6) is 5.75 Å². The summed E-state index contributed by atoms with van der Waals surface area (Å²) in [7, 11) is 3.38. The average Bonchev–Trinajstić information content (AvgIpc) is 2.83. The van der Waals surface area contributed by atoms with E-state index in [0.29, 0.717) is 6.54 Å². The Morgan fingerprint density at radius 1 is 1.24 bits per heavy atom. The highest BCUT2D eigenvalue weighted by Gasteiger charge is 2.08. The normalized spacial score (nSPS) is 10.8. The Labute approximate surface area is 122 Å². The van der Waals surface area contributed by atoms with E-state index in [9.17, 15) is 4.39 Å². The number of aromatic nitrogens is 2. The van der Waals surface area contributed by atoms with Crippen molar-refractivity contribution in [3.63, 3.8) is 0 Å². The van der Waals surface area contributed by atoms with Crippen LogP contribution in [0.15, 0.2) is 42.5 Å². The van der Waals surface area contributed by atoms with E-state index in [-0.39, 0.29) is 11.6 Å². The van der Waals surface area contributed by atoms with Crippen LogP contribution in [0.3, 0.4) is 0 Å². The van der Waals surface area contributed by atoms with Crippen molar-refractivity contribution in [3.05, 3.63) is 54.0 Å². The lowest BCUT2D eigenvalue weighted by Crippen LogP contribution is -2.02. The van der Waals surface area contributed by atoms with E-state index in [0.717, 1.165) is 22.3 Å². The van der Waals surface area contributed by atoms with Crippen LogP contribution in [-0.4, -0.2) is 16.9 Å². The van der Waals surface area contributed by atoms with Crippen LogP contribution in [0.25, 0.3) is 10.9 Å². The number of fused-ring (bicyclic) bond motifs is 1. The van der Waals surface area contributed by atoms with E-state index < -0.39 is 0 Å². The first-order valence-corrected chi connectivity index (χ1v) is 6.67. The Bertz CT molecular complexity index is 782. The molecule has 0 amide bonds. The molecule has 0 radical (unpaired) electrons. The monoisotopic (exact) mass is 285 g/mol. The second-order valence-electron chi connectivity index (χ2n) is 4.79. The first-order valence-electron chi connectivity index (χ1n) is 6.67. The lowest BCUT2D eigenvalue weighted by molar-refractivity contribution is 0.387. The minimum atomic E-state index is -0.369. The molecule has 3 aromatic rings. The van der Waals surface area contributed by atoms with Gasteiger partial charge in [0.2, 0.25) is 0 Å². The van der Waals surface area contributed by atoms with E-state index in [4.69, 9.17) is 4.74 Å². The minimum absolute atomic E-state index is 0.228. The largest absolute Gasteiger partial charge is 0.494 e. The van der Waals surface area contributed by atoms with Gasteiger partial charge in [-0.15, -0.1) is 0 Å². The van der Waals surface area contributed by atoms with Gasteiger partial charge in [-0.05, 0) is 18.2 Å². The molecule has 0 spiro atoms. The molecular weight excluding hydrogens is 269 g/mol. The van der Waals surface area contributed by atoms with Crippen LogP contribution < -0.4 is 10.1 Å². The van der Waals surface area contributed by atoms with Crippen LogP contribution in [0, 0.1) is 5.82 Å². The molecule has 0 saturated carbocycles. The Morgan fingerprint density at radius 3 is 2.86 bits per heavy atom. The van der Waals surface area contributed by atoms with Crippen LogP contribution in [0.1, 0.15) is 5.69 Å². The van der Waals surface area contributed by atoms with Gasteiger partial charge in [0, 0.05) is 24.2 Å². The number of hydrogen-bond acceptors (Lipinski definition) is 3. The number of hydrogen-bond donors (Lipinski definition) is 1. The third kappa shape index (κ3) is 2.54. The maximum absolute atomic E-state index is 13.4. The number of rotatable bonds is 4. The van der Waals surface area contributed by atoms with Crippen molar-refractivity contribution in [1.82, 2.24) is 9.78 Å². The van der Waals surface area contributed by atoms with E-state index in [1.54, 1.807) is 12.1 Å². The van der Waals surface area contributed by atoms with Gasteiger partial charge in [0.1, 0.15) is 0 Å². The fourth-order valence-corrected chi connectivity index (χ4v) is 2.37. The topological polar surface area (TPSA) is 39.1 Å². The van der Waals surface area contributed by atoms with Crippen LogP contribution in [-0.2, 0) is 13.6 Å². The molecule has 0 atom stereocenters. The Balaban J connectivity index is 1.83. The summed E-state index contributed by atoms with van der Waals surface area (Å²) < 4.78 is 20.2. The van der Waals surface area contributed by atoms with Crippen molar-refractivity contribution in [2.45, 2.75) is 6.54 Å². The van der Waals surface area contributed by atoms with Crippen molar-refractivity contribution >= 4 is 16.6 Å². The quantitative estimate of drug-likeness (QED) is 0.799. The molecule has 4 nitrogen and oxygen atoms in total. The number of aryl methyl sites for hydroxylation is 1. The summed E-state index contributed by atoms with van der Waals surface area (Å²) in [5, 5.41) is 8.87. The van der Waals surface area contributed by atoms with Gasteiger partial charge in [0.15, 0.2) is 11.6 Å². The van der Waals surface area contributed by atoms with Gasteiger partial charge < -0.3 is 10.1 Å². The molecule has 5 heteroatoms. The molecule has 108 valence electrons. The number of para-hydroxylation sites is 1. The van der Waals surface area contributed by atoms with Gasteiger partial charge >= 0.3 is 0 Å². The minimum Gasteiger partial charge on any atom is -0.494 e. The zero-order chi connectivity index (χ0) is 14.8. The highest BCUT2D eigenvalue weighted by molar-refractivity contribution is 5.82. The zero-order valence-electron chi connectivity index (χ0n) is 11.9. The molecular formula is C16H16FN3O. The summed E-state index contributed by atoms with van der Waals surface area (Å²) in [6.07, 6.45) is 0. The molecule has 1 aromatic heterocycles. The number of nitrogens with one attached hydrogen (secondary N) is 1. The Morgan fingerprint density at radius 2 is 2.05 bits per heavy atom. The molecule has 0 fully saturated rings. The molecule has 21 heavy (non-hydrogen) atoms. The second-order valence-corrected chi connectivity index (χ2v) is 4.79. The van der Waals surface area contributed by atoms with Gasteiger partial charge in [-0.2, -0.15) is 5.10 Å². The number of nitrogens with zero attached hydrogens (tertiary/aromatic N) is 2. The summed E-state index contributed by atoms with van der Waals surface area (Å²) in [4.78, 5) is 0. The Kier molecular flexibility index (Phi) is 3.48. The predicted molar refractivity (Wildman–Crippen MR) is 81.0 cm³/mol. The molecule has 3 rings (SSSR count). The van der Waals surface area contributed by atoms with Crippen molar-refractivity contribution in [1.29, 1.82) is 0 Å². The van der Waals surface area contributed by atoms with Crippen LogP contribution >= 0.6 is 0 Å². The number of halogens is 1. The smallest absolute Gasteiger partial charge is 0.165 e. The first kappa shape index (κ1) is 13.4. The van der Waals surface area contributed by atoms with Crippen LogP contribution in [0.4, 0.5) is 10.1 Å². The predicted octanol–water partition coefficient (Wildman–Crippen LogP) is 3.33. The summed E-state index contributed by atoms with van der Waals surface area (Å²) in [5.74, 6) is -0.141. The SMILES string of the molecule is COc1cc(NCc2nn(C)c3ccccc23)ccc1F. The summed E-state index contributed by atoms with van der Waals surface area (Å²) in [6.45, 7) is 0.566. The molecule has 1 N–H and O–H groups in total. The molecule has 2 aromatic carbocycles. The third-order valence-electron chi connectivity index (χ3n) is 3.45. The fourth-order valence-electron chi connectivity index (χ4n) is 2.37. The number of benzene rings is 2. The number of methoxy groups -OCH3 is 1. The highest BCUT2D eigenvalue weighted by atomic mass is 19.1. The van der Waals surface area contributed by atoms with Gasteiger partial charge in [0.05, 0.1) is 24.9 Å². The Hall–Kier alpha value is -2.56. The molecule has 0 bridgehead atoms. The van der Waals surface area contributed by atoms with Crippen molar-refractivity contribution in [2.75, 3.05) is 12.4 Å². The molecule has 0 saturated heterocycles. The van der Waals surface area contributed by atoms with E-state index in [1.165, 1.54) is 13.2 Å². The van der Waals surface area contributed by atoms with E-state index in [1.807, 2.05) is 36.0 Å². The van der Waals surface area contributed by atoms with E-state index in [2.05, 4.69) is 10.4 Å². The summed E-state index contributed by atoms with van der Waals surface area (Å²) in [6, 6.07) is 12.8. The first-order chi connectivity index (χ1) is 10.2. The number of ether oxygens (including phenoxy) is 1. The fraction of sp³-hybridized carbons (Fsp3) is 0.188. The third-order valence-corrected chi connectivity index (χ3v) is 3.45. The molecule has 0 aliphatic heterocycles. The molecule has 0 unspecified atom stereocenters. The van der Waals surface area contributed by atoms with Gasteiger partial charge in [-0.1, -0.05) is 18.2 Å². The van der Waals surface area contributed by atoms with Gasteiger partial charge in [0.25, 0.3) is 0 Å². The highest BCUT2D eigenvalue weighted by Crippen LogP contribution is 2.23. The molecule has 0 aliphatic rings. The summed E-state index contributed by atoms with van der Waals surface area (Å²) in [5.41, 5.74) is 2.84. The molecule has 0 aliphatic carbocycles. The zero-order valence-corrected chi connectivity index (χ0v) is 11.9. The van der Waals surface area contributed by atoms with Crippen molar-refractivity contribution < 1.29 is 9.13 Å². The standard InChI is InChI=1S/C16H16FN3O/c1-20-15-6-4-3-5-12(15)14(19-20)10-18-11-7-8-13(17)16(9-11)21-2/h3-9,18H,10H2,1-2H3. The average molecular weight is 285 g/mol. The number of anilines is 1. The summed E-state index contributed by atoms with van der Waals surface area (Å²) >= 11 is 0. The van der Waals surface area contributed by atoms with Crippen molar-refractivity contribution in [2.24, 2.45) is 7.05 Å². The lowest BCUT2D eigenvalue weighted by Gasteiger charge is -2.07. The maximum Gasteiger partial charge on any atom is 0.165 e. The maximum atomic E-state index is 13.4. The lowest BCUT2D eigenvalue weighted by atomic mass is 10.2. The van der Waals surface area contributed by atoms with Crippen LogP contribution in [0.2, 0.25) is 0 Å². The van der Waals surface area contributed by atoms with Gasteiger partial charge in [-0.25, -0.2) is 4.39 Å². The van der Waals surface area contributed by atoms with Crippen molar-refractivity contribution in [3.8, 4) is 5.75 Å². The molecule has 1 heterocycles. The van der Waals surface area contributed by atoms with Gasteiger partial charge in [-0.3, -0.25) is 4.68 Å².